The summed E-state index contributed by atoms with van der Waals surface area (Å²) in [5.41, 5.74) is -0.585. The third-order valence-electron chi connectivity index (χ3n) is 10.7. The Hall–Kier alpha value is -5.68. The SMILES string of the molecule is O=CC1(N2C(=O)c3ccc(N4CC(C#Cc5ccc6c(cnn6C6(C(=O)Nc7ccc(C(F)(F)F)cc7Cl)CCC6)c5)C4)cc3C2=O)CCC(=O)NC1. The molecule has 4 amide bonds. The lowest BCUT2D eigenvalue weighted by atomic mass is 9.75. The minimum atomic E-state index is -4.56. The average Bonchev–Trinajstić information content (AvgIpc) is 3.62. The van der Waals surface area contributed by atoms with E-state index < -0.39 is 40.5 Å². The summed E-state index contributed by atoms with van der Waals surface area (Å²) in [6, 6.07) is 13.4. The molecule has 2 saturated heterocycles. The summed E-state index contributed by atoms with van der Waals surface area (Å²) in [6.07, 6.45) is -0.434. The number of hydrogen-bond acceptors (Lipinski definition) is 7. The van der Waals surface area contributed by atoms with Crippen LogP contribution in [0, 0.1) is 17.8 Å². The Morgan fingerprint density at radius 1 is 1.00 bits per heavy atom. The maximum absolute atomic E-state index is 13.6. The first-order valence-corrected chi connectivity index (χ1v) is 17.4. The fraction of sp³-hybridized carbons (Fsp3) is 0.316. The van der Waals surface area contributed by atoms with Crippen molar-refractivity contribution in [1.82, 2.24) is 20.0 Å². The predicted molar refractivity (Wildman–Crippen MR) is 187 cm³/mol. The Kier molecular flexibility index (Phi) is 8.10. The van der Waals surface area contributed by atoms with Gasteiger partial charge in [0.05, 0.1) is 45.0 Å². The molecule has 1 atom stereocenters. The molecule has 53 heavy (non-hydrogen) atoms. The molecular formula is C38H30ClF3N6O5. The first-order valence-electron chi connectivity index (χ1n) is 17.0. The number of fused-ring (bicyclic) bond motifs is 2. The number of rotatable bonds is 6. The van der Waals surface area contributed by atoms with Gasteiger partial charge in [0.2, 0.25) is 5.91 Å². The number of nitrogens with one attached hydrogen (secondary N) is 2. The van der Waals surface area contributed by atoms with Crippen molar-refractivity contribution in [2.24, 2.45) is 5.92 Å². The molecule has 11 nitrogen and oxygen atoms in total. The van der Waals surface area contributed by atoms with E-state index in [1.54, 1.807) is 29.1 Å². The van der Waals surface area contributed by atoms with E-state index in [4.69, 9.17) is 11.6 Å². The van der Waals surface area contributed by atoms with Gasteiger partial charge in [0.1, 0.15) is 17.4 Å². The smallest absolute Gasteiger partial charge is 0.369 e. The molecule has 8 rings (SSSR count). The molecule has 1 saturated carbocycles. The summed E-state index contributed by atoms with van der Waals surface area (Å²) < 4.78 is 41.0. The predicted octanol–water partition coefficient (Wildman–Crippen LogP) is 5.16. The molecule has 4 aromatic rings. The number of anilines is 2. The Bertz CT molecular complexity index is 2310. The lowest BCUT2D eigenvalue weighted by Gasteiger charge is -2.40. The van der Waals surface area contributed by atoms with Crippen LogP contribution in [0.3, 0.4) is 0 Å². The van der Waals surface area contributed by atoms with Gasteiger partial charge in [-0.25, -0.2) is 4.68 Å². The number of imide groups is 1. The highest BCUT2D eigenvalue weighted by atomic mass is 35.5. The molecule has 15 heteroatoms. The number of aromatic nitrogens is 2. The molecule has 0 spiro atoms. The average molecular weight is 743 g/mol. The van der Waals surface area contributed by atoms with Crippen molar-refractivity contribution >= 4 is 63.8 Å². The van der Waals surface area contributed by atoms with Gasteiger partial charge in [0.15, 0.2) is 0 Å². The highest BCUT2D eigenvalue weighted by molar-refractivity contribution is 6.33. The van der Waals surface area contributed by atoms with Crippen LogP contribution in [-0.4, -0.2) is 69.8 Å². The van der Waals surface area contributed by atoms with E-state index in [2.05, 4.69) is 27.6 Å². The van der Waals surface area contributed by atoms with Gasteiger partial charge in [-0.05, 0) is 80.3 Å². The van der Waals surface area contributed by atoms with Crippen LogP contribution in [0.25, 0.3) is 10.9 Å². The maximum Gasteiger partial charge on any atom is 0.416 e. The van der Waals surface area contributed by atoms with Gasteiger partial charge in [0, 0.05) is 42.7 Å². The van der Waals surface area contributed by atoms with Crippen molar-refractivity contribution < 1.29 is 37.1 Å². The number of piperidine rings is 1. The van der Waals surface area contributed by atoms with Crippen molar-refractivity contribution in [3.63, 3.8) is 0 Å². The molecule has 1 aromatic heterocycles. The van der Waals surface area contributed by atoms with Crippen LogP contribution in [0.5, 0.6) is 0 Å². The second-order valence-electron chi connectivity index (χ2n) is 13.9. The molecule has 0 bridgehead atoms. The Labute approximate surface area is 305 Å². The normalized spacial score (nSPS) is 20.9. The van der Waals surface area contributed by atoms with Crippen LogP contribution in [0.1, 0.15) is 63.9 Å². The summed E-state index contributed by atoms with van der Waals surface area (Å²) in [6.45, 7) is 1.09. The van der Waals surface area contributed by atoms with Crippen LogP contribution >= 0.6 is 11.6 Å². The molecule has 3 aliphatic heterocycles. The van der Waals surface area contributed by atoms with Crippen LogP contribution < -0.4 is 15.5 Å². The number of nitrogens with zero attached hydrogens (tertiary/aromatic N) is 4. The van der Waals surface area contributed by atoms with Gasteiger partial charge in [-0.1, -0.05) is 23.4 Å². The topological polar surface area (TPSA) is 134 Å². The molecule has 1 unspecified atom stereocenters. The molecule has 2 N–H and O–H groups in total. The summed E-state index contributed by atoms with van der Waals surface area (Å²) in [7, 11) is 0. The summed E-state index contributed by atoms with van der Waals surface area (Å²) in [4.78, 5) is 67.1. The van der Waals surface area contributed by atoms with Crippen molar-refractivity contribution in [2.75, 3.05) is 29.9 Å². The van der Waals surface area contributed by atoms with E-state index in [0.717, 1.165) is 46.2 Å². The van der Waals surface area contributed by atoms with E-state index in [1.165, 1.54) is 0 Å². The zero-order valence-electron chi connectivity index (χ0n) is 27.9. The lowest BCUT2D eigenvalue weighted by Crippen LogP contribution is -2.61. The molecule has 4 heterocycles. The minimum Gasteiger partial charge on any atom is -0.369 e. The standard InChI is InChI=1S/C38H30ClF3N6O5/c39-29-15-25(38(40,41)42)5-8-30(29)45-35(53)37(11-1-12-37)48-31-9-4-22(14-24(31)17-44-48)2-3-23-18-46(19-23)26-6-7-27-28(16-26)34(52)47(33(27)51)36(21-49)13-10-32(50)43-20-36/h4-9,14-17,21,23H,1,10-13,18-20H2,(H,43,50)(H,45,53). The Morgan fingerprint density at radius 3 is 2.43 bits per heavy atom. The number of amides is 4. The van der Waals surface area contributed by atoms with E-state index in [1.807, 2.05) is 23.1 Å². The first-order chi connectivity index (χ1) is 25.3. The third-order valence-corrected chi connectivity index (χ3v) is 11.0. The summed E-state index contributed by atoms with van der Waals surface area (Å²) >= 11 is 6.11. The monoisotopic (exact) mass is 742 g/mol. The molecule has 4 aliphatic rings. The number of carbonyl (C=O) groups excluding carboxylic acids is 5. The molecule has 0 radical (unpaired) electrons. The van der Waals surface area contributed by atoms with Gasteiger partial charge >= 0.3 is 6.18 Å². The molecular weight excluding hydrogens is 713 g/mol. The Morgan fingerprint density at radius 2 is 1.77 bits per heavy atom. The van der Waals surface area contributed by atoms with Crippen LogP contribution in [0.2, 0.25) is 5.02 Å². The number of aldehydes is 1. The minimum absolute atomic E-state index is 0.0394. The van der Waals surface area contributed by atoms with Crippen molar-refractivity contribution in [3.05, 3.63) is 88.1 Å². The fourth-order valence-electron chi connectivity index (χ4n) is 7.43. The highest BCUT2D eigenvalue weighted by Gasteiger charge is 2.51. The largest absolute Gasteiger partial charge is 0.416 e. The number of hydrogen-bond donors (Lipinski definition) is 2. The summed E-state index contributed by atoms with van der Waals surface area (Å²) in [5.74, 6) is 4.80. The molecule has 3 aromatic carbocycles. The van der Waals surface area contributed by atoms with E-state index >= 15 is 0 Å². The van der Waals surface area contributed by atoms with E-state index in [-0.39, 0.29) is 53.0 Å². The van der Waals surface area contributed by atoms with Gasteiger partial charge in [-0.15, -0.1) is 0 Å². The van der Waals surface area contributed by atoms with Crippen molar-refractivity contribution in [2.45, 2.75) is 49.4 Å². The fourth-order valence-corrected chi connectivity index (χ4v) is 7.66. The second kappa shape index (κ2) is 12.5. The van der Waals surface area contributed by atoms with Crippen molar-refractivity contribution in [3.8, 4) is 11.8 Å². The number of benzene rings is 3. The third kappa shape index (κ3) is 5.70. The van der Waals surface area contributed by atoms with Gasteiger partial charge < -0.3 is 20.3 Å². The van der Waals surface area contributed by atoms with Gasteiger partial charge in [0.25, 0.3) is 17.7 Å². The lowest BCUT2D eigenvalue weighted by molar-refractivity contribution is -0.137. The van der Waals surface area contributed by atoms with E-state index in [0.29, 0.717) is 37.7 Å². The number of halogens is 4. The molecule has 3 fully saturated rings. The quantitative estimate of drug-likeness (QED) is 0.159. The van der Waals surface area contributed by atoms with Gasteiger partial charge in [-0.2, -0.15) is 18.3 Å². The molecule has 270 valence electrons. The highest BCUT2D eigenvalue weighted by Crippen LogP contribution is 2.43. The molecule has 1 aliphatic carbocycles. The zero-order chi connectivity index (χ0) is 37.3. The van der Waals surface area contributed by atoms with Crippen LogP contribution in [0.15, 0.2) is 60.8 Å². The maximum atomic E-state index is 13.6. The summed E-state index contributed by atoms with van der Waals surface area (Å²) in [5, 5.41) is 10.4. The van der Waals surface area contributed by atoms with Crippen molar-refractivity contribution in [1.29, 1.82) is 0 Å². The number of carbonyl (C=O) groups is 5. The zero-order valence-corrected chi connectivity index (χ0v) is 28.7. The first kappa shape index (κ1) is 34.4. The number of alkyl halides is 3. The van der Waals surface area contributed by atoms with Crippen LogP contribution in [-0.2, 0) is 26.1 Å². The van der Waals surface area contributed by atoms with Gasteiger partial charge in [-0.3, -0.25) is 24.1 Å². The Balaban J connectivity index is 0.933. The second-order valence-corrected chi connectivity index (χ2v) is 14.3. The van der Waals surface area contributed by atoms with Crippen LogP contribution in [0.4, 0.5) is 24.5 Å². The van der Waals surface area contributed by atoms with E-state index in [9.17, 15) is 37.1 Å².